The van der Waals surface area contributed by atoms with Crippen molar-refractivity contribution in [1.29, 1.82) is 0 Å². The van der Waals surface area contributed by atoms with E-state index in [1.807, 2.05) is 0 Å². The third-order valence-electron chi connectivity index (χ3n) is 4.86. The largest absolute Gasteiger partial charge is 0.461 e. The number of Topliss-reactive ketones (excluding diaryl/α,β-unsaturated/α-hetero) is 1. The van der Waals surface area contributed by atoms with Crippen LogP contribution in [0, 0.1) is 13.8 Å². The molecule has 0 saturated heterocycles. The molecular weight excluding hydrogens is 348 g/mol. The maximum absolute atomic E-state index is 13.2. The minimum atomic E-state index is -0.621. The number of amides is 1. The van der Waals surface area contributed by atoms with Gasteiger partial charge in [0.15, 0.2) is 5.78 Å². The number of methoxy groups -OCH3 is 1. The van der Waals surface area contributed by atoms with E-state index in [4.69, 9.17) is 9.47 Å². The Kier molecular flexibility index (Phi) is 8.69. The maximum Gasteiger partial charge on any atom is 0.355 e. The van der Waals surface area contributed by atoms with Crippen LogP contribution < -0.4 is 0 Å². The number of carbonyl (C=O) groups excluding carboxylic acids is 3. The second-order valence-electron chi connectivity index (χ2n) is 6.54. The van der Waals surface area contributed by atoms with Crippen LogP contribution in [0.3, 0.4) is 0 Å². The van der Waals surface area contributed by atoms with Crippen molar-refractivity contribution < 1.29 is 23.9 Å². The monoisotopic (exact) mass is 380 g/mol. The molecule has 7 heteroatoms. The number of nitrogens with zero attached hydrogens (tertiary/aromatic N) is 2. The van der Waals surface area contributed by atoms with Gasteiger partial charge in [-0.2, -0.15) is 0 Å². The Hall–Kier alpha value is -2.15. The van der Waals surface area contributed by atoms with Gasteiger partial charge in [0.25, 0.3) is 0 Å². The van der Waals surface area contributed by atoms with E-state index in [1.54, 1.807) is 58.2 Å². The van der Waals surface area contributed by atoms with Crippen LogP contribution >= 0.6 is 0 Å². The third-order valence-corrected chi connectivity index (χ3v) is 4.86. The molecule has 0 aromatic carbocycles. The fraction of sp³-hybridized carbons (Fsp3) is 0.650. The van der Waals surface area contributed by atoms with Gasteiger partial charge in [-0.05, 0) is 39.7 Å². The molecule has 1 aromatic heterocycles. The maximum atomic E-state index is 13.2. The number of aromatic nitrogens is 1. The van der Waals surface area contributed by atoms with E-state index >= 15 is 0 Å². The van der Waals surface area contributed by atoms with Gasteiger partial charge in [0.1, 0.15) is 5.69 Å². The highest BCUT2D eigenvalue weighted by Gasteiger charge is 2.31. The first-order valence-corrected chi connectivity index (χ1v) is 9.38. The van der Waals surface area contributed by atoms with Crippen LogP contribution in [0.2, 0.25) is 0 Å². The van der Waals surface area contributed by atoms with Crippen molar-refractivity contribution in [2.75, 3.05) is 26.9 Å². The summed E-state index contributed by atoms with van der Waals surface area (Å²) in [5.74, 6) is -0.701. The second-order valence-corrected chi connectivity index (χ2v) is 6.54. The fourth-order valence-electron chi connectivity index (χ4n) is 3.30. The first kappa shape index (κ1) is 22.9. The van der Waals surface area contributed by atoms with Gasteiger partial charge in [-0.25, -0.2) is 4.79 Å². The summed E-state index contributed by atoms with van der Waals surface area (Å²) < 4.78 is 11.9. The lowest BCUT2D eigenvalue weighted by atomic mass is 9.99. The molecule has 1 heterocycles. The smallest absolute Gasteiger partial charge is 0.355 e. The van der Waals surface area contributed by atoms with E-state index in [-0.39, 0.29) is 18.3 Å². The van der Waals surface area contributed by atoms with Crippen LogP contribution in [0.4, 0.5) is 0 Å². The SMILES string of the molecule is CCOC(=O)c1c(C)c(C(=O)C(C)N(CCCOC)C(=O)CC)c(C)n1C. The van der Waals surface area contributed by atoms with Crippen molar-refractivity contribution in [2.24, 2.45) is 7.05 Å². The van der Waals surface area contributed by atoms with Crippen LogP contribution in [-0.4, -0.2) is 60.0 Å². The third kappa shape index (κ3) is 4.97. The average molecular weight is 380 g/mol. The molecule has 0 N–H and O–H groups in total. The van der Waals surface area contributed by atoms with Gasteiger partial charge in [-0.15, -0.1) is 0 Å². The van der Waals surface area contributed by atoms with Gasteiger partial charge in [-0.3, -0.25) is 9.59 Å². The lowest BCUT2D eigenvalue weighted by Gasteiger charge is -2.28. The molecule has 1 amide bonds. The highest BCUT2D eigenvalue weighted by atomic mass is 16.5. The number of hydrogen-bond donors (Lipinski definition) is 0. The normalized spacial score (nSPS) is 12.0. The number of rotatable bonds is 10. The average Bonchev–Trinajstić information content (AvgIpc) is 2.86. The first-order valence-electron chi connectivity index (χ1n) is 9.38. The highest BCUT2D eigenvalue weighted by Crippen LogP contribution is 2.25. The molecule has 152 valence electrons. The molecule has 0 aliphatic carbocycles. The summed E-state index contributed by atoms with van der Waals surface area (Å²) in [6, 6.07) is -0.621. The second kappa shape index (κ2) is 10.3. The fourth-order valence-corrected chi connectivity index (χ4v) is 3.30. The summed E-state index contributed by atoms with van der Waals surface area (Å²) in [4.78, 5) is 39.5. The van der Waals surface area contributed by atoms with Gasteiger partial charge in [0.05, 0.1) is 12.6 Å². The Morgan fingerprint density at radius 2 is 1.81 bits per heavy atom. The van der Waals surface area contributed by atoms with Crippen molar-refractivity contribution in [3.63, 3.8) is 0 Å². The van der Waals surface area contributed by atoms with Gasteiger partial charge in [-0.1, -0.05) is 6.92 Å². The topological polar surface area (TPSA) is 77.8 Å². The quantitative estimate of drug-likeness (QED) is 0.354. The Morgan fingerprint density at radius 3 is 2.33 bits per heavy atom. The van der Waals surface area contributed by atoms with Crippen LogP contribution in [0.25, 0.3) is 0 Å². The number of carbonyl (C=O) groups is 3. The molecule has 0 aliphatic heterocycles. The van der Waals surface area contributed by atoms with E-state index in [0.717, 1.165) is 0 Å². The number of hydrogen-bond acceptors (Lipinski definition) is 5. The van der Waals surface area contributed by atoms with Crippen LogP contribution in [-0.2, 0) is 21.3 Å². The molecule has 0 aliphatic rings. The molecule has 1 unspecified atom stereocenters. The van der Waals surface area contributed by atoms with Crippen LogP contribution in [0.15, 0.2) is 0 Å². The summed E-state index contributed by atoms with van der Waals surface area (Å²) in [6.45, 7) is 10.0. The highest BCUT2D eigenvalue weighted by molar-refractivity contribution is 6.06. The number of ketones is 1. The van der Waals surface area contributed by atoms with Gasteiger partial charge < -0.3 is 18.9 Å². The Balaban J connectivity index is 3.24. The van der Waals surface area contributed by atoms with Gasteiger partial charge in [0.2, 0.25) is 5.91 Å². The van der Waals surface area contributed by atoms with E-state index in [0.29, 0.717) is 48.5 Å². The summed E-state index contributed by atoms with van der Waals surface area (Å²) in [5, 5.41) is 0. The van der Waals surface area contributed by atoms with Crippen LogP contribution in [0.1, 0.15) is 65.7 Å². The van der Waals surface area contributed by atoms with Crippen molar-refractivity contribution in [3.05, 3.63) is 22.5 Å². The lowest BCUT2D eigenvalue weighted by molar-refractivity contribution is -0.132. The van der Waals surface area contributed by atoms with Crippen LogP contribution in [0.5, 0.6) is 0 Å². The molecule has 27 heavy (non-hydrogen) atoms. The standard InChI is InChI=1S/C20H32N2O5/c1-8-16(23)22(11-10-12-26-7)15(5)19(24)17-13(3)18(20(25)27-9-2)21(6)14(17)4/h15H,8-12H2,1-7H3. The van der Waals surface area contributed by atoms with E-state index in [1.165, 1.54) is 0 Å². The first-order chi connectivity index (χ1) is 12.7. The lowest BCUT2D eigenvalue weighted by Crippen LogP contribution is -2.44. The van der Waals surface area contributed by atoms with Gasteiger partial charge in [0, 0.05) is 45.0 Å². The Labute approximate surface area is 161 Å². The van der Waals surface area contributed by atoms with Crippen molar-refractivity contribution in [1.82, 2.24) is 9.47 Å². The van der Waals surface area contributed by atoms with Gasteiger partial charge >= 0.3 is 5.97 Å². The molecule has 1 rings (SSSR count). The van der Waals surface area contributed by atoms with Crippen molar-refractivity contribution in [3.8, 4) is 0 Å². The predicted molar refractivity (Wildman–Crippen MR) is 103 cm³/mol. The van der Waals surface area contributed by atoms with E-state index in [9.17, 15) is 14.4 Å². The van der Waals surface area contributed by atoms with E-state index in [2.05, 4.69) is 0 Å². The zero-order chi connectivity index (χ0) is 20.7. The molecular formula is C20H32N2O5. The summed E-state index contributed by atoms with van der Waals surface area (Å²) in [6.07, 6.45) is 0.978. The molecule has 0 bridgehead atoms. The summed E-state index contributed by atoms with van der Waals surface area (Å²) in [7, 11) is 3.34. The minimum Gasteiger partial charge on any atom is -0.461 e. The Morgan fingerprint density at radius 1 is 1.19 bits per heavy atom. The summed E-state index contributed by atoms with van der Waals surface area (Å²) >= 11 is 0. The molecule has 0 radical (unpaired) electrons. The zero-order valence-electron chi connectivity index (χ0n) is 17.5. The van der Waals surface area contributed by atoms with E-state index < -0.39 is 12.0 Å². The molecule has 0 saturated carbocycles. The summed E-state index contributed by atoms with van der Waals surface area (Å²) in [5.41, 5.74) is 2.13. The molecule has 1 aromatic rings. The zero-order valence-corrected chi connectivity index (χ0v) is 17.5. The molecule has 0 fully saturated rings. The number of esters is 1. The molecule has 0 spiro atoms. The van der Waals surface area contributed by atoms with Crippen molar-refractivity contribution in [2.45, 2.75) is 53.5 Å². The minimum absolute atomic E-state index is 0.0798. The number of ether oxygens (including phenoxy) is 2. The molecule has 7 nitrogen and oxygen atoms in total. The Bertz CT molecular complexity index is 693. The molecule has 1 atom stereocenters. The van der Waals surface area contributed by atoms with Crippen molar-refractivity contribution >= 4 is 17.7 Å². The predicted octanol–water partition coefficient (Wildman–Crippen LogP) is 2.66.